The average molecular weight is 129 g/mol. The summed E-state index contributed by atoms with van der Waals surface area (Å²) in [7, 11) is 0. The average Bonchev–Trinajstić information content (AvgIpc) is 2.08. The molecule has 52 valence electrons. The van der Waals surface area contributed by atoms with Gasteiger partial charge in [0.1, 0.15) is 12.2 Å². The predicted octanol–water partition coefficient (Wildman–Crippen LogP) is 0.534. The Kier molecular flexibility index (Phi) is 1.45. The second kappa shape index (κ2) is 1.99. The van der Waals surface area contributed by atoms with Gasteiger partial charge in [0, 0.05) is 6.42 Å². The van der Waals surface area contributed by atoms with Crippen LogP contribution in [0, 0.1) is 0 Å². The standard InChI is InChI=1S/C6H11NO2/c1-6(2,8)5-3-4-9-7-5/h8H,3-4H2,1-2H3. The van der Waals surface area contributed by atoms with E-state index in [1.54, 1.807) is 13.8 Å². The minimum atomic E-state index is -0.795. The lowest BCUT2D eigenvalue weighted by molar-refractivity contribution is 0.147. The highest BCUT2D eigenvalue weighted by Gasteiger charge is 2.24. The molecule has 0 spiro atoms. The van der Waals surface area contributed by atoms with Crippen LogP contribution < -0.4 is 0 Å². The molecule has 1 aliphatic heterocycles. The van der Waals surface area contributed by atoms with E-state index in [0.29, 0.717) is 6.61 Å². The van der Waals surface area contributed by atoms with E-state index >= 15 is 0 Å². The zero-order valence-electron chi connectivity index (χ0n) is 5.72. The van der Waals surface area contributed by atoms with Crippen molar-refractivity contribution in [2.75, 3.05) is 6.61 Å². The molecule has 0 saturated carbocycles. The van der Waals surface area contributed by atoms with Crippen molar-refractivity contribution in [3.05, 3.63) is 0 Å². The lowest BCUT2D eigenvalue weighted by atomic mass is 10.0. The molecule has 0 atom stereocenters. The third-order valence-corrected chi connectivity index (χ3v) is 1.31. The first-order valence-corrected chi connectivity index (χ1v) is 3.02. The van der Waals surface area contributed by atoms with E-state index in [1.807, 2.05) is 0 Å². The molecule has 0 bridgehead atoms. The van der Waals surface area contributed by atoms with E-state index in [0.717, 1.165) is 12.1 Å². The summed E-state index contributed by atoms with van der Waals surface area (Å²) in [4.78, 5) is 4.71. The zero-order valence-corrected chi connectivity index (χ0v) is 5.72. The fourth-order valence-corrected chi connectivity index (χ4v) is 0.729. The highest BCUT2D eigenvalue weighted by atomic mass is 16.6. The Hall–Kier alpha value is -0.570. The summed E-state index contributed by atoms with van der Waals surface area (Å²) in [6.07, 6.45) is 0.753. The number of oxime groups is 1. The van der Waals surface area contributed by atoms with Crippen LogP contribution in [0.25, 0.3) is 0 Å². The molecule has 0 amide bonds. The Morgan fingerprint density at radius 2 is 2.33 bits per heavy atom. The van der Waals surface area contributed by atoms with E-state index in [9.17, 15) is 5.11 Å². The summed E-state index contributed by atoms with van der Waals surface area (Å²) < 4.78 is 0. The molecular formula is C6H11NO2. The molecular weight excluding hydrogens is 118 g/mol. The second-order valence-electron chi connectivity index (χ2n) is 2.68. The number of hydrogen-bond donors (Lipinski definition) is 1. The predicted molar refractivity (Wildman–Crippen MR) is 34.3 cm³/mol. The molecule has 0 aromatic carbocycles. The summed E-state index contributed by atoms with van der Waals surface area (Å²) in [5, 5.41) is 13.0. The summed E-state index contributed by atoms with van der Waals surface area (Å²) in [6.45, 7) is 4.03. The Balaban J connectivity index is 2.61. The zero-order chi connectivity index (χ0) is 6.91. The molecule has 0 aromatic rings. The largest absolute Gasteiger partial charge is 0.395 e. The van der Waals surface area contributed by atoms with E-state index < -0.39 is 5.60 Å². The molecule has 0 radical (unpaired) electrons. The van der Waals surface area contributed by atoms with Crippen molar-refractivity contribution in [2.24, 2.45) is 5.16 Å². The molecule has 0 saturated heterocycles. The smallest absolute Gasteiger partial charge is 0.122 e. The fraction of sp³-hybridized carbons (Fsp3) is 0.833. The first-order valence-electron chi connectivity index (χ1n) is 3.02. The van der Waals surface area contributed by atoms with Crippen LogP contribution in [0.3, 0.4) is 0 Å². The first kappa shape index (κ1) is 6.55. The Morgan fingerprint density at radius 3 is 2.56 bits per heavy atom. The van der Waals surface area contributed by atoms with E-state index in [4.69, 9.17) is 4.84 Å². The second-order valence-corrected chi connectivity index (χ2v) is 2.68. The molecule has 3 heteroatoms. The van der Waals surface area contributed by atoms with E-state index in [2.05, 4.69) is 5.16 Å². The van der Waals surface area contributed by atoms with Crippen LogP contribution >= 0.6 is 0 Å². The van der Waals surface area contributed by atoms with Gasteiger partial charge < -0.3 is 9.94 Å². The molecule has 1 aliphatic rings. The number of rotatable bonds is 1. The maximum absolute atomic E-state index is 9.31. The highest BCUT2D eigenvalue weighted by molar-refractivity contribution is 5.91. The topological polar surface area (TPSA) is 41.8 Å². The molecule has 1 rings (SSSR count). The Bertz CT molecular complexity index is 134. The highest BCUT2D eigenvalue weighted by Crippen LogP contribution is 2.12. The van der Waals surface area contributed by atoms with Crippen molar-refractivity contribution in [1.29, 1.82) is 0 Å². The van der Waals surface area contributed by atoms with Crippen LogP contribution in [0.4, 0.5) is 0 Å². The molecule has 0 aromatic heterocycles. The molecule has 0 fully saturated rings. The van der Waals surface area contributed by atoms with Crippen molar-refractivity contribution in [3.63, 3.8) is 0 Å². The minimum Gasteiger partial charge on any atom is -0.395 e. The monoisotopic (exact) mass is 129 g/mol. The van der Waals surface area contributed by atoms with Crippen LogP contribution in [-0.4, -0.2) is 23.0 Å². The van der Waals surface area contributed by atoms with Gasteiger partial charge in [-0.05, 0) is 13.8 Å². The fourth-order valence-electron chi connectivity index (χ4n) is 0.729. The third kappa shape index (κ3) is 1.42. The van der Waals surface area contributed by atoms with Crippen LogP contribution in [0.2, 0.25) is 0 Å². The normalized spacial score (nSPS) is 19.2. The van der Waals surface area contributed by atoms with Crippen LogP contribution in [0.1, 0.15) is 20.3 Å². The van der Waals surface area contributed by atoms with Gasteiger partial charge in [-0.1, -0.05) is 5.16 Å². The molecule has 3 nitrogen and oxygen atoms in total. The maximum atomic E-state index is 9.31. The number of aliphatic hydroxyl groups is 1. The Morgan fingerprint density at radius 1 is 1.67 bits per heavy atom. The third-order valence-electron chi connectivity index (χ3n) is 1.31. The van der Waals surface area contributed by atoms with Gasteiger partial charge in [0.05, 0.1) is 5.71 Å². The molecule has 1 N–H and O–H groups in total. The lowest BCUT2D eigenvalue weighted by Gasteiger charge is -2.14. The van der Waals surface area contributed by atoms with Gasteiger partial charge in [-0.2, -0.15) is 0 Å². The van der Waals surface area contributed by atoms with Crippen molar-refractivity contribution in [2.45, 2.75) is 25.9 Å². The maximum Gasteiger partial charge on any atom is 0.122 e. The lowest BCUT2D eigenvalue weighted by Crippen LogP contribution is -2.29. The van der Waals surface area contributed by atoms with Crippen molar-refractivity contribution in [1.82, 2.24) is 0 Å². The van der Waals surface area contributed by atoms with Crippen molar-refractivity contribution >= 4 is 5.71 Å². The van der Waals surface area contributed by atoms with Crippen molar-refractivity contribution < 1.29 is 9.94 Å². The minimum absolute atomic E-state index is 0.610. The van der Waals surface area contributed by atoms with Gasteiger partial charge in [-0.15, -0.1) is 0 Å². The summed E-state index contributed by atoms with van der Waals surface area (Å²) in [6, 6.07) is 0. The van der Waals surface area contributed by atoms with Crippen LogP contribution in [0.5, 0.6) is 0 Å². The van der Waals surface area contributed by atoms with Gasteiger partial charge >= 0.3 is 0 Å². The molecule has 9 heavy (non-hydrogen) atoms. The number of hydrogen-bond acceptors (Lipinski definition) is 3. The quantitative estimate of drug-likeness (QED) is 0.561. The number of nitrogens with zero attached hydrogens (tertiary/aromatic N) is 1. The van der Waals surface area contributed by atoms with Crippen molar-refractivity contribution in [3.8, 4) is 0 Å². The molecule has 1 heterocycles. The Labute approximate surface area is 54.3 Å². The van der Waals surface area contributed by atoms with Gasteiger partial charge in [0.25, 0.3) is 0 Å². The van der Waals surface area contributed by atoms with E-state index in [1.165, 1.54) is 0 Å². The van der Waals surface area contributed by atoms with E-state index in [-0.39, 0.29) is 0 Å². The first-order chi connectivity index (χ1) is 4.11. The van der Waals surface area contributed by atoms with Crippen LogP contribution in [0.15, 0.2) is 5.16 Å². The van der Waals surface area contributed by atoms with Gasteiger partial charge in [-0.3, -0.25) is 0 Å². The van der Waals surface area contributed by atoms with Gasteiger partial charge in [0.15, 0.2) is 0 Å². The molecule has 0 aliphatic carbocycles. The van der Waals surface area contributed by atoms with Gasteiger partial charge in [-0.25, -0.2) is 0 Å². The molecule has 0 unspecified atom stereocenters. The summed E-state index contributed by atoms with van der Waals surface area (Å²) in [5.41, 5.74) is -0.0567. The van der Waals surface area contributed by atoms with Gasteiger partial charge in [0.2, 0.25) is 0 Å². The SMILES string of the molecule is CC(C)(O)C1=NOCC1. The van der Waals surface area contributed by atoms with Crippen LogP contribution in [-0.2, 0) is 4.84 Å². The summed E-state index contributed by atoms with van der Waals surface area (Å²) in [5.74, 6) is 0. The summed E-state index contributed by atoms with van der Waals surface area (Å²) >= 11 is 0.